The topological polar surface area (TPSA) is 85.6 Å². The van der Waals surface area contributed by atoms with Crippen LogP contribution in [0.5, 0.6) is 0 Å². The molecule has 0 aromatic carbocycles. The van der Waals surface area contributed by atoms with Crippen molar-refractivity contribution in [2.75, 3.05) is 0 Å². The van der Waals surface area contributed by atoms with Crippen molar-refractivity contribution in [2.24, 2.45) is 0 Å². The molecular weight excluding hydrogens is 268 g/mol. The standard InChI is InChI=1S/C14H20N6O/c1-3-12(13-9-11(2)6-7-15-13)17-14(21)5-4-8-20-10-16-18-19-20/h6-7,9-10,12H,3-5,8H2,1-2H3,(H,17,21)/t12-/m1/s1. The van der Waals surface area contributed by atoms with Gasteiger partial charge in [-0.15, -0.1) is 5.10 Å². The maximum Gasteiger partial charge on any atom is 0.220 e. The molecule has 7 heteroatoms. The number of aryl methyl sites for hydroxylation is 2. The first-order valence-corrected chi connectivity index (χ1v) is 7.11. The molecule has 1 N–H and O–H groups in total. The molecule has 0 aliphatic carbocycles. The van der Waals surface area contributed by atoms with Gasteiger partial charge in [0.05, 0.1) is 11.7 Å². The molecule has 0 unspecified atom stereocenters. The molecule has 2 aromatic heterocycles. The van der Waals surface area contributed by atoms with Crippen molar-refractivity contribution in [1.29, 1.82) is 0 Å². The Bertz CT molecular complexity index is 569. The van der Waals surface area contributed by atoms with E-state index in [1.807, 2.05) is 26.0 Å². The monoisotopic (exact) mass is 288 g/mol. The summed E-state index contributed by atoms with van der Waals surface area (Å²) in [5, 5.41) is 13.9. The molecule has 0 spiro atoms. The van der Waals surface area contributed by atoms with E-state index in [2.05, 4.69) is 25.8 Å². The van der Waals surface area contributed by atoms with Crippen molar-refractivity contribution < 1.29 is 4.79 Å². The van der Waals surface area contributed by atoms with Crippen LogP contribution in [0.4, 0.5) is 0 Å². The number of amides is 1. The summed E-state index contributed by atoms with van der Waals surface area (Å²) in [5.41, 5.74) is 2.05. The Morgan fingerprint density at radius 1 is 1.48 bits per heavy atom. The van der Waals surface area contributed by atoms with E-state index in [-0.39, 0.29) is 11.9 Å². The molecule has 0 saturated carbocycles. The van der Waals surface area contributed by atoms with Gasteiger partial charge in [-0.2, -0.15) is 0 Å². The number of pyridine rings is 1. The summed E-state index contributed by atoms with van der Waals surface area (Å²) in [5.74, 6) is 0.0261. The van der Waals surface area contributed by atoms with E-state index in [1.165, 1.54) is 0 Å². The highest BCUT2D eigenvalue weighted by molar-refractivity contribution is 5.76. The fraction of sp³-hybridized carbons (Fsp3) is 0.500. The molecule has 2 rings (SSSR count). The van der Waals surface area contributed by atoms with Crippen LogP contribution in [-0.2, 0) is 11.3 Å². The second kappa shape index (κ2) is 7.47. The van der Waals surface area contributed by atoms with Crippen LogP contribution < -0.4 is 5.32 Å². The lowest BCUT2D eigenvalue weighted by molar-refractivity contribution is -0.122. The van der Waals surface area contributed by atoms with E-state index in [1.54, 1.807) is 17.2 Å². The number of carbonyl (C=O) groups is 1. The summed E-state index contributed by atoms with van der Waals surface area (Å²) in [6.07, 6.45) is 5.28. The number of nitrogens with one attached hydrogen (secondary N) is 1. The first kappa shape index (κ1) is 15.1. The number of carbonyl (C=O) groups excluding carboxylic acids is 1. The summed E-state index contributed by atoms with van der Waals surface area (Å²) < 4.78 is 1.62. The first-order valence-electron chi connectivity index (χ1n) is 7.11. The third kappa shape index (κ3) is 4.62. The number of nitrogens with zero attached hydrogens (tertiary/aromatic N) is 5. The van der Waals surface area contributed by atoms with Crippen LogP contribution in [0, 0.1) is 6.92 Å². The second-order valence-electron chi connectivity index (χ2n) is 4.96. The smallest absolute Gasteiger partial charge is 0.220 e. The highest BCUT2D eigenvalue weighted by Crippen LogP contribution is 2.15. The lowest BCUT2D eigenvalue weighted by Gasteiger charge is -2.16. The summed E-state index contributed by atoms with van der Waals surface area (Å²) in [6.45, 7) is 4.70. The van der Waals surface area contributed by atoms with E-state index in [0.717, 1.165) is 17.7 Å². The number of tetrazole rings is 1. The van der Waals surface area contributed by atoms with Gasteiger partial charge in [0.2, 0.25) is 5.91 Å². The first-order chi connectivity index (χ1) is 10.2. The van der Waals surface area contributed by atoms with Crippen LogP contribution >= 0.6 is 0 Å². The van der Waals surface area contributed by atoms with Crippen molar-refractivity contribution in [3.8, 4) is 0 Å². The van der Waals surface area contributed by atoms with Gasteiger partial charge in [0, 0.05) is 19.2 Å². The van der Waals surface area contributed by atoms with Gasteiger partial charge >= 0.3 is 0 Å². The minimum atomic E-state index is -0.0366. The molecule has 0 aliphatic heterocycles. The average Bonchev–Trinajstić information content (AvgIpc) is 2.98. The maximum absolute atomic E-state index is 12.0. The molecule has 0 aliphatic rings. The van der Waals surface area contributed by atoms with Crippen LogP contribution in [0.3, 0.4) is 0 Å². The van der Waals surface area contributed by atoms with Crippen molar-refractivity contribution in [3.05, 3.63) is 35.9 Å². The zero-order valence-electron chi connectivity index (χ0n) is 12.4. The fourth-order valence-corrected chi connectivity index (χ4v) is 2.09. The summed E-state index contributed by atoms with van der Waals surface area (Å²) >= 11 is 0. The summed E-state index contributed by atoms with van der Waals surface area (Å²) in [4.78, 5) is 16.3. The zero-order chi connectivity index (χ0) is 15.1. The third-order valence-corrected chi connectivity index (χ3v) is 3.22. The van der Waals surface area contributed by atoms with Crippen molar-refractivity contribution >= 4 is 5.91 Å². The zero-order valence-corrected chi connectivity index (χ0v) is 12.4. The lowest BCUT2D eigenvalue weighted by Crippen LogP contribution is -2.28. The van der Waals surface area contributed by atoms with Crippen LogP contribution in [0.2, 0.25) is 0 Å². The van der Waals surface area contributed by atoms with Crippen LogP contribution in [0.1, 0.15) is 43.5 Å². The molecule has 0 radical (unpaired) electrons. The van der Waals surface area contributed by atoms with E-state index in [9.17, 15) is 4.79 Å². The SMILES string of the molecule is CC[C@@H](NC(=O)CCCn1cnnn1)c1cc(C)ccn1. The van der Waals surface area contributed by atoms with Crippen molar-refractivity contribution in [3.63, 3.8) is 0 Å². The minimum absolute atomic E-state index is 0.0261. The normalized spacial score (nSPS) is 12.1. The van der Waals surface area contributed by atoms with Crippen LogP contribution in [-0.4, -0.2) is 31.1 Å². The molecule has 2 aromatic rings. The van der Waals surface area contributed by atoms with Gasteiger partial charge in [0.25, 0.3) is 0 Å². The van der Waals surface area contributed by atoms with Gasteiger partial charge in [-0.1, -0.05) is 6.92 Å². The number of rotatable bonds is 7. The quantitative estimate of drug-likeness (QED) is 0.833. The molecule has 7 nitrogen and oxygen atoms in total. The van der Waals surface area contributed by atoms with Crippen molar-refractivity contribution in [2.45, 2.75) is 45.7 Å². The molecule has 1 amide bonds. The van der Waals surface area contributed by atoms with Gasteiger partial charge < -0.3 is 5.32 Å². The van der Waals surface area contributed by atoms with E-state index < -0.39 is 0 Å². The molecular formula is C14H20N6O. The Kier molecular flexibility index (Phi) is 5.36. The molecule has 112 valence electrons. The molecule has 2 heterocycles. The van der Waals surface area contributed by atoms with E-state index in [4.69, 9.17) is 0 Å². The Labute approximate surface area is 123 Å². The Morgan fingerprint density at radius 3 is 3.00 bits per heavy atom. The Hall–Kier alpha value is -2.31. The lowest BCUT2D eigenvalue weighted by atomic mass is 10.1. The number of hydrogen-bond acceptors (Lipinski definition) is 5. The molecule has 21 heavy (non-hydrogen) atoms. The molecule has 0 saturated heterocycles. The number of aromatic nitrogens is 5. The molecule has 0 fully saturated rings. The van der Waals surface area contributed by atoms with Crippen LogP contribution in [0.25, 0.3) is 0 Å². The van der Waals surface area contributed by atoms with Gasteiger partial charge in [-0.05, 0) is 47.9 Å². The second-order valence-corrected chi connectivity index (χ2v) is 4.96. The minimum Gasteiger partial charge on any atom is -0.348 e. The number of hydrogen-bond donors (Lipinski definition) is 1. The van der Waals surface area contributed by atoms with Gasteiger partial charge in [-0.25, -0.2) is 4.68 Å². The summed E-state index contributed by atoms with van der Waals surface area (Å²) in [7, 11) is 0. The fourth-order valence-electron chi connectivity index (χ4n) is 2.09. The maximum atomic E-state index is 12.0. The molecule has 0 bridgehead atoms. The Morgan fingerprint density at radius 2 is 2.33 bits per heavy atom. The molecule has 1 atom stereocenters. The highest BCUT2D eigenvalue weighted by Gasteiger charge is 2.13. The largest absolute Gasteiger partial charge is 0.348 e. The van der Waals surface area contributed by atoms with Gasteiger partial charge in [0.15, 0.2) is 0 Å². The van der Waals surface area contributed by atoms with E-state index >= 15 is 0 Å². The Balaban J connectivity index is 1.82. The van der Waals surface area contributed by atoms with Gasteiger partial charge in [-0.3, -0.25) is 9.78 Å². The van der Waals surface area contributed by atoms with E-state index in [0.29, 0.717) is 19.4 Å². The third-order valence-electron chi connectivity index (χ3n) is 3.22. The predicted octanol–water partition coefficient (Wildman–Crippen LogP) is 1.42. The summed E-state index contributed by atoms with van der Waals surface area (Å²) in [6, 6.07) is 3.92. The predicted molar refractivity (Wildman–Crippen MR) is 77.2 cm³/mol. The van der Waals surface area contributed by atoms with Crippen molar-refractivity contribution in [1.82, 2.24) is 30.5 Å². The average molecular weight is 288 g/mol. The highest BCUT2D eigenvalue weighted by atomic mass is 16.1. The van der Waals surface area contributed by atoms with Gasteiger partial charge in [0.1, 0.15) is 6.33 Å². The van der Waals surface area contributed by atoms with Crippen LogP contribution in [0.15, 0.2) is 24.7 Å².